The largest absolute Gasteiger partial charge is 0.496 e. The minimum atomic E-state index is -1.07. The Morgan fingerprint density at radius 2 is 1.82 bits per heavy atom. The molecule has 2 aromatic carbocycles. The summed E-state index contributed by atoms with van der Waals surface area (Å²) in [5.41, 5.74) is 3.55. The number of ether oxygens (including phenoxy) is 2. The lowest BCUT2D eigenvalue weighted by Crippen LogP contribution is -2.56. The molecule has 13 heteroatoms. The highest BCUT2D eigenvalue weighted by Crippen LogP contribution is 2.41. The number of hydrogen-bond donors (Lipinski definition) is 3. The number of carbonyl (C=O) groups is 3. The molecule has 3 heterocycles. The molecule has 2 aliphatic heterocycles. The van der Waals surface area contributed by atoms with Crippen molar-refractivity contribution in [2.75, 3.05) is 46.3 Å². The lowest BCUT2D eigenvalue weighted by atomic mass is 9.99. The second-order valence-electron chi connectivity index (χ2n) is 10.7. The number of hydrogen-bond acceptors (Lipinski definition) is 8. The lowest BCUT2D eigenvalue weighted by Gasteiger charge is -2.33. The summed E-state index contributed by atoms with van der Waals surface area (Å²) in [5.74, 6) is -1.62. The average molecular weight is 643 g/mol. The van der Waals surface area contributed by atoms with Crippen LogP contribution in [0.1, 0.15) is 12.0 Å². The number of benzene rings is 2. The fourth-order valence-corrected chi connectivity index (χ4v) is 5.94. The highest BCUT2D eigenvalue weighted by molar-refractivity contribution is 6.39. The predicted octanol–water partition coefficient (Wildman–Crippen LogP) is 4.05. The van der Waals surface area contributed by atoms with Gasteiger partial charge in [0.1, 0.15) is 11.7 Å². The van der Waals surface area contributed by atoms with Gasteiger partial charge in [-0.05, 0) is 12.5 Å². The van der Waals surface area contributed by atoms with E-state index in [-0.39, 0.29) is 17.6 Å². The molecule has 232 valence electrons. The van der Waals surface area contributed by atoms with Crippen LogP contribution in [0.3, 0.4) is 0 Å². The summed E-state index contributed by atoms with van der Waals surface area (Å²) in [5, 5.41) is 16.9. The minimum Gasteiger partial charge on any atom is -0.496 e. The summed E-state index contributed by atoms with van der Waals surface area (Å²) in [6, 6.07) is 11.9. The molecule has 0 aliphatic carbocycles. The normalized spacial score (nSPS) is 20.5. The number of halogens is 2. The summed E-state index contributed by atoms with van der Waals surface area (Å²) in [6.45, 7) is 1.31. The Morgan fingerprint density at radius 1 is 1.11 bits per heavy atom. The smallest absolute Gasteiger partial charge is 0.326 e. The van der Waals surface area contributed by atoms with E-state index >= 15 is 0 Å². The number of pyridine rings is 1. The molecule has 2 fully saturated rings. The number of carbonyl (C=O) groups excluding carboxylic acids is 3. The van der Waals surface area contributed by atoms with E-state index in [9.17, 15) is 19.5 Å². The van der Waals surface area contributed by atoms with Crippen molar-refractivity contribution in [2.24, 2.45) is 5.92 Å². The van der Waals surface area contributed by atoms with Crippen LogP contribution in [0.25, 0.3) is 22.4 Å². The van der Waals surface area contributed by atoms with Crippen molar-refractivity contribution >= 4 is 46.7 Å². The Bertz CT molecular complexity index is 1590. The number of anilines is 1. The van der Waals surface area contributed by atoms with E-state index in [0.29, 0.717) is 65.0 Å². The summed E-state index contributed by atoms with van der Waals surface area (Å²) < 4.78 is 11.0. The highest BCUT2D eigenvalue weighted by Gasteiger charge is 2.39. The summed E-state index contributed by atoms with van der Waals surface area (Å²) in [4.78, 5) is 44.7. The van der Waals surface area contributed by atoms with Crippen molar-refractivity contribution in [1.29, 1.82) is 0 Å². The first kappa shape index (κ1) is 31.7. The molecule has 5 rings (SSSR count). The zero-order valence-corrected chi connectivity index (χ0v) is 26.0. The molecule has 44 heavy (non-hydrogen) atoms. The molecule has 0 saturated carbocycles. The van der Waals surface area contributed by atoms with Gasteiger partial charge < -0.3 is 30.1 Å². The molecule has 2 saturated heterocycles. The number of aliphatic hydroxyl groups excluding tert-OH is 1. The molecule has 0 radical (unpaired) electrons. The maximum absolute atomic E-state index is 13.1. The Hall–Kier alpha value is -3.74. The monoisotopic (exact) mass is 641 g/mol. The zero-order chi connectivity index (χ0) is 31.5. The van der Waals surface area contributed by atoms with Crippen LogP contribution in [0.2, 0.25) is 10.0 Å². The second kappa shape index (κ2) is 13.5. The predicted molar refractivity (Wildman–Crippen MR) is 167 cm³/mol. The molecule has 4 amide bonds. The molecular weight excluding hydrogens is 609 g/mol. The number of methoxy groups -OCH3 is 1. The number of amides is 4. The molecule has 11 nitrogen and oxygen atoms in total. The van der Waals surface area contributed by atoms with E-state index in [1.54, 1.807) is 37.6 Å². The standard InChI is InChI=1S/C31H33Cl2N5O6/c1-37-15-21(30(41)38(2)31(37)42)29(40)36-23-9-5-7-19(28(23)33)18-6-4-8-20(27(18)32)24-12-26(43-3)17(14-35-24)13-34-22-10-11-44-16-25(22)39/h4-9,12,14,21-22,25,34,39H,10-11,13,15-16H2,1-3H3,(H,36,40)/t21?,22-,25+/m1/s1. The molecule has 1 aromatic heterocycles. The van der Waals surface area contributed by atoms with Gasteiger partial charge in [-0.2, -0.15) is 0 Å². The van der Waals surface area contributed by atoms with Gasteiger partial charge in [0.25, 0.3) is 0 Å². The average Bonchev–Trinajstić information content (AvgIpc) is 3.02. The van der Waals surface area contributed by atoms with Gasteiger partial charge >= 0.3 is 6.03 Å². The van der Waals surface area contributed by atoms with Crippen LogP contribution in [0.15, 0.2) is 48.7 Å². The van der Waals surface area contributed by atoms with Gasteiger partial charge in [0.05, 0.1) is 41.2 Å². The van der Waals surface area contributed by atoms with Crippen LogP contribution >= 0.6 is 23.2 Å². The Labute approximate surface area is 265 Å². The number of nitrogens with one attached hydrogen (secondary N) is 2. The summed E-state index contributed by atoms with van der Waals surface area (Å²) >= 11 is 13.7. The first-order valence-corrected chi connectivity index (χ1v) is 14.8. The minimum absolute atomic E-state index is 0.0398. The van der Waals surface area contributed by atoms with E-state index in [4.69, 9.17) is 32.7 Å². The fourth-order valence-electron chi connectivity index (χ4n) is 5.34. The Kier molecular flexibility index (Phi) is 9.72. The third kappa shape index (κ3) is 6.38. The molecule has 0 bridgehead atoms. The van der Waals surface area contributed by atoms with E-state index in [1.165, 1.54) is 19.0 Å². The van der Waals surface area contributed by atoms with Crippen molar-refractivity contribution in [1.82, 2.24) is 20.1 Å². The molecule has 1 unspecified atom stereocenters. The summed E-state index contributed by atoms with van der Waals surface area (Å²) in [6.07, 6.45) is 1.85. The number of aliphatic hydroxyl groups is 1. The molecule has 0 spiro atoms. The molecule has 3 aromatic rings. The van der Waals surface area contributed by atoms with Crippen molar-refractivity contribution in [3.8, 4) is 28.1 Å². The highest BCUT2D eigenvalue weighted by atomic mass is 35.5. The number of imide groups is 1. The number of rotatable bonds is 8. The Morgan fingerprint density at radius 3 is 2.55 bits per heavy atom. The SMILES string of the molecule is COc1cc(-c2cccc(-c3cccc(NC(=O)C4CN(C)C(=O)N(C)C4=O)c3Cl)c2Cl)ncc1CN[C@@H]1CCOC[C@@H]1O. The number of urea groups is 1. The van der Waals surface area contributed by atoms with Gasteiger partial charge in [-0.25, -0.2) is 4.79 Å². The van der Waals surface area contributed by atoms with Crippen LogP contribution in [0, 0.1) is 5.92 Å². The van der Waals surface area contributed by atoms with Crippen LogP contribution in [-0.4, -0.2) is 90.8 Å². The maximum atomic E-state index is 13.1. The van der Waals surface area contributed by atoms with E-state index in [0.717, 1.165) is 10.5 Å². The van der Waals surface area contributed by atoms with E-state index in [2.05, 4.69) is 15.6 Å². The van der Waals surface area contributed by atoms with Crippen LogP contribution in [0.4, 0.5) is 10.5 Å². The van der Waals surface area contributed by atoms with Crippen molar-refractivity contribution in [2.45, 2.75) is 25.1 Å². The topological polar surface area (TPSA) is 133 Å². The first-order valence-electron chi connectivity index (χ1n) is 14.0. The Balaban J connectivity index is 1.38. The maximum Gasteiger partial charge on any atom is 0.326 e. The van der Waals surface area contributed by atoms with Gasteiger partial charge in [-0.3, -0.25) is 19.5 Å². The van der Waals surface area contributed by atoms with Gasteiger partial charge in [0, 0.05) is 74.4 Å². The van der Waals surface area contributed by atoms with Crippen molar-refractivity contribution in [3.05, 3.63) is 64.3 Å². The van der Waals surface area contributed by atoms with Gasteiger partial charge in [0.15, 0.2) is 0 Å². The fraction of sp³-hybridized carbons (Fsp3) is 0.355. The number of aromatic nitrogens is 1. The lowest BCUT2D eigenvalue weighted by molar-refractivity contribution is -0.140. The second-order valence-corrected chi connectivity index (χ2v) is 11.5. The molecule has 3 atom stereocenters. The third-order valence-corrected chi connectivity index (χ3v) is 8.70. The van der Waals surface area contributed by atoms with Crippen molar-refractivity contribution in [3.63, 3.8) is 0 Å². The van der Waals surface area contributed by atoms with Crippen molar-refractivity contribution < 1.29 is 29.0 Å². The molecular formula is C31H33Cl2N5O6. The quantitative estimate of drug-likeness (QED) is 0.314. The van der Waals surface area contributed by atoms with E-state index < -0.39 is 29.9 Å². The van der Waals surface area contributed by atoms with Gasteiger partial charge in [-0.15, -0.1) is 0 Å². The molecule has 2 aliphatic rings. The first-order chi connectivity index (χ1) is 21.1. The summed E-state index contributed by atoms with van der Waals surface area (Å²) in [7, 11) is 4.46. The van der Waals surface area contributed by atoms with Gasteiger partial charge in [-0.1, -0.05) is 53.5 Å². The molecule has 3 N–H and O–H groups in total. The third-order valence-electron chi connectivity index (χ3n) is 7.88. The van der Waals surface area contributed by atoms with Crippen LogP contribution in [-0.2, 0) is 20.9 Å². The van der Waals surface area contributed by atoms with Crippen LogP contribution < -0.4 is 15.4 Å². The number of nitrogens with zero attached hydrogens (tertiary/aromatic N) is 3. The van der Waals surface area contributed by atoms with E-state index in [1.807, 2.05) is 18.2 Å². The zero-order valence-electron chi connectivity index (χ0n) is 24.5. The van der Waals surface area contributed by atoms with Gasteiger partial charge in [0.2, 0.25) is 11.8 Å². The van der Waals surface area contributed by atoms with Crippen LogP contribution in [0.5, 0.6) is 5.75 Å².